The van der Waals surface area contributed by atoms with Gasteiger partial charge in [-0.3, -0.25) is 0 Å². The number of aliphatic hydroxyl groups is 1. The van der Waals surface area contributed by atoms with Crippen LogP contribution in [0.1, 0.15) is 43.7 Å². The Morgan fingerprint density at radius 1 is 1.29 bits per heavy atom. The second-order valence-corrected chi connectivity index (χ2v) is 6.78. The first-order valence-electron chi connectivity index (χ1n) is 6.42. The highest BCUT2D eigenvalue weighted by Crippen LogP contribution is 2.33. The van der Waals surface area contributed by atoms with Gasteiger partial charge in [0.15, 0.2) is 0 Å². The number of hydrogen-bond donors (Lipinski definition) is 1. The van der Waals surface area contributed by atoms with Gasteiger partial charge in [0.1, 0.15) is 0 Å². The molecule has 0 aliphatic carbocycles. The van der Waals surface area contributed by atoms with Crippen LogP contribution >= 0.6 is 11.8 Å². The van der Waals surface area contributed by atoms with E-state index in [4.69, 9.17) is 0 Å². The first kappa shape index (κ1) is 13.0. The van der Waals surface area contributed by atoms with E-state index in [-0.39, 0.29) is 12.0 Å². The minimum atomic E-state index is -0.126. The highest BCUT2D eigenvalue weighted by Gasteiger charge is 2.21. The number of rotatable bonds is 3. The largest absolute Gasteiger partial charge is 0.395 e. The van der Waals surface area contributed by atoms with Crippen molar-refractivity contribution in [3.63, 3.8) is 0 Å². The monoisotopic (exact) mass is 250 g/mol. The van der Waals surface area contributed by atoms with Crippen LogP contribution in [0.3, 0.4) is 0 Å². The number of thioether (sulfide) groups is 1. The maximum Gasteiger partial charge on any atom is 0.0522 e. The van der Waals surface area contributed by atoms with Crippen LogP contribution in [0.5, 0.6) is 0 Å². The van der Waals surface area contributed by atoms with E-state index < -0.39 is 0 Å². The molecule has 0 bridgehead atoms. The second-order valence-electron chi connectivity index (χ2n) is 5.55. The molecule has 1 aromatic carbocycles. The van der Waals surface area contributed by atoms with Crippen LogP contribution in [0.15, 0.2) is 24.3 Å². The van der Waals surface area contributed by atoms with E-state index in [9.17, 15) is 5.11 Å². The molecule has 0 atom stereocenters. The molecule has 1 heterocycles. The molecule has 0 spiro atoms. The predicted molar refractivity (Wildman–Crippen MR) is 75.9 cm³/mol. The molecule has 0 unspecified atom stereocenters. The Kier molecular flexibility index (Phi) is 4.16. The molecule has 0 radical (unpaired) electrons. The molecule has 1 nitrogen and oxygen atoms in total. The molecule has 17 heavy (non-hydrogen) atoms. The molecule has 1 N–H and O–H groups in total. The topological polar surface area (TPSA) is 20.2 Å². The fourth-order valence-electron chi connectivity index (χ4n) is 2.34. The van der Waals surface area contributed by atoms with Gasteiger partial charge in [-0.05, 0) is 41.4 Å². The van der Waals surface area contributed by atoms with Crippen LogP contribution in [0.2, 0.25) is 0 Å². The van der Waals surface area contributed by atoms with Crippen molar-refractivity contribution in [3.05, 3.63) is 35.4 Å². The lowest BCUT2D eigenvalue weighted by molar-refractivity contribution is 0.218. The first-order valence-corrected chi connectivity index (χ1v) is 7.58. The molecule has 94 valence electrons. The van der Waals surface area contributed by atoms with Crippen molar-refractivity contribution in [3.8, 4) is 0 Å². The highest BCUT2D eigenvalue weighted by atomic mass is 32.2. The van der Waals surface area contributed by atoms with Crippen molar-refractivity contribution in [2.24, 2.45) is 0 Å². The Bertz CT molecular complexity index is 367. The molecular weight excluding hydrogens is 228 g/mol. The Balaban J connectivity index is 2.21. The molecule has 2 rings (SSSR count). The maximum absolute atomic E-state index is 9.45. The minimum Gasteiger partial charge on any atom is -0.395 e. The standard InChI is InChI=1S/C15H22OS/c1-15(2,11-16)14-5-3-4-13(10-14)12-6-8-17-9-7-12/h3-5,10,12,16H,6-9,11H2,1-2H3. The SMILES string of the molecule is CC(C)(CO)c1cccc(C2CCSCC2)c1. The van der Waals surface area contributed by atoms with E-state index in [1.54, 1.807) is 0 Å². The molecule has 1 aliphatic heterocycles. The van der Waals surface area contributed by atoms with Gasteiger partial charge in [0, 0.05) is 5.41 Å². The molecule has 1 fully saturated rings. The van der Waals surface area contributed by atoms with Crippen LogP contribution in [0, 0.1) is 0 Å². The Morgan fingerprint density at radius 3 is 2.65 bits per heavy atom. The summed E-state index contributed by atoms with van der Waals surface area (Å²) in [5.74, 6) is 3.31. The van der Waals surface area contributed by atoms with E-state index >= 15 is 0 Å². The van der Waals surface area contributed by atoms with Gasteiger partial charge in [-0.25, -0.2) is 0 Å². The van der Waals surface area contributed by atoms with Crippen molar-refractivity contribution in [2.45, 2.75) is 38.0 Å². The Morgan fingerprint density at radius 2 is 2.00 bits per heavy atom. The average Bonchev–Trinajstić information content (AvgIpc) is 2.40. The Hall–Kier alpha value is -0.470. The quantitative estimate of drug-likeness (QED) is 0.885. The molecule has 0 saturated carbocycles. The lowest BCUT2D eigenvalue weighted by atomic mass is 9.82. The summed E-state index contributed by atoms with van der Waals surface area (Å²) in [4.78, 5) is 0. The van der Waals surface area contributed by atoms with E-state index in [0.29, 0.717) is 0 Å². The normalized spacial score (nSPS) is 18.3. The molecule has 0 amide bonds. The van der Waals surface area contributed by atoms with Crippen molar-refractivity contribution in [1.82, 2.24) is 0 Å². The van der Waals surface area contributed by atoms with Gasteiger partial charge in [0.2, 0.25) is 0 Å². The summed E-state index contributed by atoms with van der Waals surface area (Å²) in [7, 11) is 0. The average molecular weight is 250 g/mol. The van der Waals surface area contributed by atoms with E-state index in [1.807, 2.05) is 0 Å². The number of benzene rings is 1. The molecule has 2 heteroatoms. The zero-order valence-corrected chi connectivity index (χ0v) is 11.6. The van der Waals surface area contributed by atoms with Gasteiger partial charge < -0.3 is 5.11 Å². The van der Waals surface area contributed by atoms with Gasteiger partial charge in [0.05, 0.1) is 6.61 Å². The van der Waals surface area contributed by atoms with Crippen molar-refractivity contribution in [1.29, 1.82) is 0 Å². The summed E-state index contributed by atoms with van der Waals surface area (Å²) < 4.78 is 0. The lowest BCUT2D eigenvalue weighted by Gasteiger charge is -2.26. The van der Waals surface area contributed by atoms with Crippen molar-refractivity contribution in [2.75, 3.05) is 18.1 Å². The first-order chi connectivity index (χ1) is 8.13. The lowest BCUT2D eigenvalue weighted by Crippen LogP contribution is -2.22. The smallest absolute Gasteiger partial charge is 0.0522 e. The van der Waals surface area contributed by atoms with E-state index in [0.717, 1.165) is 5.92 Å². The molecule has 1 aliphatic rings. The summed E-state index contributed by atoms with van der Waals surface area (Å²) in [5.41, 5.74) is 2.60. The number of aliphatic hydroxyl groups excluding tert-OH is 1. The van der Waals surface area contributed by atoms with Crippen molar-refractivity contribution >= 4 is 11.8 Å². The summed E-state index contributed by atoms with van der Waals surface area (Å²) in [5, 5.41) is 9.45. The summed E-state index contributed by atoms with van der Waals surface area (Å²) in [6.07, 6.45) is 2.60. The molecular formula is C15H22OS. The fourth-order valence-corrected chi connectivity index (χ4v) is 3.44. The van der Waals surface area contributed by atoms with E-state index in [1.165, 1.54) is 35.5 Å². The van der Waals surface area contributed by atoms with Gasteiger partial charge >= 0.3 is 0 Å². The fraction of sp³-hybridized carbons (Fsp3) is 0.600. The van der Waals surface area contributed by atoms with Crippen molar-refractivity contribution < 1.29 is 5.11 Å². The van der Waals surface area contributed by atoms with Gasteiger partial charge in [-0.2, -0.15) is 11.8 Å². The third-order valence-corrected chi connectivity index (χ3v) is 4.80. The van der Waals surface area contributed by atoms with Crippen LogP contribution in [0.25, 0.3) is 0 Å². The van der Waals surface area contributed by atoms with Crippen LogP contribution in [-0.2, 0) is 5.41 Å². The number of hydrogen-bond acceptors (Lipinski definition) is 2. The Labute approximate surface area is 109 Å². The van der Waals surface area contributed by atoms with E-state index in [2.05, 4.69) is 49.9 Å². The summed E-state index contributed by atoms with van der Waals surface area (Å²) >= 11 is 2.07. The van der Waals surface area contributed by atoms with Crippen LogP contribution < -0.4 is 0 Å². The highest BCUT2D eigenvalue weighted by molar-refractivity contribution is 7.99. The van der Waals surface area contributed by atoms with Gasteiger partial charge in [-0.1, -0.05) is 38.1 Å². The van der Waals surface area contributed by atoms with Crippen LogP contribution in [-0.4, -0.2) is 23.2 Å². The third-order valence-electron chi connectivity index (χ3n) is 3.76. The zero-order valence-electron chi connectivity index (χ0n) is 10.8. The zero-order chi connectivity index (χ0) is 12.3. The second kappa shape index (κ2) is 5.45. The molecule has 0 aromatic heterocycles. The minimum absolute atomic E-state index is 0.126. The maximum atomic E-state index is 9.45. The third kappa shape index (κ3) is 3.05. The van der Waals surface area contributed by atoms with Gasteiger partial charge in [0.25, 0.3) is 0 Å². The summed E-state index contributed by atoms with van der Waals surface area (Å²) in [6, 6.07) is 8.83. The van der Waals surface area contributed by atoms with Gasteiger partial charge in [-0.15, -0.1) is 0 Å². The summed E-state index contributed by atoms with van der Waals surface area (Å²) in [6.45, 7) is 4.41. The predicted octanol–water partition coefficient (Wildman–Crippen LogP) is 3.57. The van der Waals surface area contributed by atoms with Crippen LogP contribution in [0.4, 0.5) is 0 Å². The molecule has 1 saturated heterocycles. The molecule has 1 aromatic rings.